The zero-order chi connectivity index (χ0) is 14.2. The number of rotatable bonds is 5. The van der Waals surface area contributed by atoms with Crippen molar-refractivity contribution in [2.75, 3.05) is 18.5 Å². The van der Waals surface area contributed by atoms with E-state index in [0.29, 0.717) is 29.7 Å². The highest BCUT2D eigenvalue weighted by Gasteiger charge is 2.01. The average Bonchev–Trinajstić information content (AvgIpc) is 2.46. The largest absolute Gasteiger partial charge is 0.476 e. The Morgan fingerprint density at radius 1 is 1.30 bits per heavy atom. The summed E-state index contributed by atoms with van der Waals surface area (Å²) in [5.41, 5.74) is 0.630. The maximum Gasteiger partial charge on any atom is 0.319 e. The lowest BCUT2D eigenvalue weighted by molar-refractivity contribution is 0.246. The molecule has 2 heterocycles. The molecule has 0 aromatic carbocycles. The van der Waals surface area contributed by atoms with Crippen molar-refractivity contribution in [1.29, 1.82) is 0 Å². The van der Waals surface area contributed by atoms with Gasteiger partial charge in [0.15, 0.2) is 0 Å². The third-order valence-electron chi connectivity index (χ3n) is 2.26. The fourth-order valence-electron chi connectivity index (χ4n) is 1.38. The fraction of sp³-hybridized carbons (Fsp3) is 0.154. The van der Waals surface area contributed by atoms with E-state index in [2.05, 4.69) is 20.6 Å². The first-order valence-electron chi connectivity index (χ1n) is 5.93. The van der Waals surface area contributed by atoms with Crippen LogP contribution in [0.25, 0.3) is 0 Å². The van der Waals surface area contributed by atoms with E-state index in [1.165, 1.54) is 6.20 Å². The first-order chi connectivity index (χ1) is 9.74. The van der Waals surface area contributed by atoms with Crippen molar-refractivity contribution >= 4 is 23.3 Å². The van der Waals surface area contributed by atoms with Gasteiger partial charge in [-0.2, -0.15) is 0 Å². The summed E-state index contributed by atoms with van der Waals surface area (Å²) in [4.78, 5) is 19.4. The van der Waals surface area contributed by atoms with Crippen molar-refractivity contribution < 1.29 is 9.53 Å². The predicted octanol–water partition coefficient (Wildman–Crippen LogP) is 2.33. The number of hydrogen-bond acceptors (Lipinski definition) is 4. The van der Waals surface area contributed by atoms with Gasteiger partial charge >= 0.3 is 6.03 Å². The molecule has 0 unspecified atom stereocenters. The molecular formula is C13H13ClN4O2. The number of pyridine rings is 2. The van der Waals surface area contributed by atoms with Gasteiger partial charge in [0.05, 0.1) is 23.5 Å². The van der Waals surface area contributed by atoms with Gasteiger partial charge < -0.3 is 15.4 Å². The smallest absolute Gasteiger partial charge is 0.319 e. The Bertz CT molecular complexity index is 548. The molecule has 2 aromatic rings. The minimum atomic E-state index is -0.314. The molecule has 104 valence electrons. The Balaban J connectivity index is 1.66. The summed E-state index contributed by atoms with van der Waals surface area (Å²) >= 11 is 5.70. The van der Waals surface area contributed by atoms with Crippen LogP contribution >= 0.6 is 11.6 Å². The first-order valence-corrected chi connectivity index (χ1v) is 6.31. The molecule has 0 saturated carbocycles. The molecule has 7 heteroatoms. The molecule has 2 aromatic heterocycles. The van der Waals surface area contributed by atoms with Crippen molar-refractivity contribution in [3.63, 3.8) is 0 Å². The van der Waals surface area contributed by atoms with E-state index in [-0.39, 0.29) is 6.03 Å². The van der Waals surface area contributed by atoms with Gasteiger partial charge in [-0.3, -0.25) is 4.98 Å². The van der Waals surface area contributed by atoms with E-state index in [0.717, 1.165) is 0 Å². The number of amides is 2. The third kappa shape index (κ3) is 4.74. The Morgan fingerprint density at radius 2 is 2.20 bits per heavy atom. The Labute approximate surface area is 121 Å². The normalized spacial score (nSPS) is 9.85. The van der Waals surface area contributed by atoms with Gasteiger partial charge in [0.1, 0.15) is 6.61 Å². The van der Waals surface area contributed by atoms with Crippen LogP contribution in [-0.2, 0) is 0 Å². The number of hydrogen-bond donors (Lipinski definition) is 2. The maximum absolute atomic E-state index is 11.5. The molecule has 6 nitrogen and oxygen atoms in total. The summed E-state index contributed by atoms with van der Waals surface area (Å²) in [6.07, 6.45) is 4.70. The molecule has 0 atom stereocenters. The van der Waals surface area contributed by atoms with Crippen LogP contribution < -0.4 is 15.4 Å². The van der Waals surface area contributed by atoms with Crippen molar-refractivity contribution in [2.24, 2.45) is 0 Å². The SMILES string of the molecule is O=C(NCCOc1ccc(Cl)cn1)Nc1cccnc1. The summed E-state index contributed by atoms with van der Waals surface area (Å²) in [5, 5.41) is 5.85. The van der Waals surface area contributed by atoms with Crippen LogP contribution in [0.3, 0.4) is 0 Å². The number of carbonyl (C=O) groups is 1. The van der Waals surface area contributed by atoms with Gasteiger partial charge in [0, 0.05) is 18.5 Å². The van der Waals surface area contributed by atoms with Crippen LogP contribution in [0.2, 0.25) is 5.02 Å². The minimum Gasteiger partial charge on any atom is -0.476 e. The van der Waals surface area contributed by atoms with Gasteiger partial charge in [-0.1, -0.05) is 11.6 Å². The number of carbonyl (C=O) groups excluding carboxylic acids is 1. The number of anilines is 1. The maximum atomic E-state index is 11.5. The van der Waals surface area contributed by atoms with Crippen LogP contribution in [0.4, 0.5) is 10.5 Å². The molecule has 0 aliphatic rings. The Morgan fingerprint density at radius 3 is 2.90 bits per heavy atom. The number of ether oxygens (including phenoxy) is 1. The molecule has 0 radical (unpaired) electrons. The van der Waals surface area contributed by atoms with Crippen LogP contribution in [0.15, 0.2) is 42.9 Å². The van der Waals surface area contributed by atoms with Gasteiger partial charge in [0.25, 0.3) is 0 Å². The number of halogens is 1. The molecular weight excluding hydrogens is 280 g/mol. The molecule has 2 rings (SSSR count). The van der Waals surface area contributed by atoms with Gasteiger partial charge in [-0.25, -0.2) is 9.78 Å². The average molecular weight is 293 g/mol. The molecule has 0 bridgehead atoms. The topological polar surface area (TPSA) is 76.1 Å². The van der Waals surface area contributed by atoms with Crippen LogP contribution in [0.5, 0.6) is 5.88 Å². The zero-order valence-electron chi connectivity index (χ0n) is 10.5. The summed E-state index contributed by atoms with van der Waals surface area (Å²) in [6.45, 7) is 0.672. The van der Waals surface area contributed by atoms with Crippen molar-refractivity contribution in [2.45, 2.75) is 0 Å². The monoisotopic (exact) mass is 292 g/mol. The minimum absolute atomic E-state index is 0.314. The molecule has 0 aliphatic carbocycles. The van der Waals surface area contributed by atoms with Crippen LogP contribution in [0, 0.1) is 0 Å². The predicted molar refractivity (Wildman–Crippen MR) is 76.0 cm³/mol. The quantitative estimate of drug-likeness (QED) is 0.829. The molecule has 2 amide bonds. The van der Waals surface area contributed by atoms with E-state index >= 15 is 0 Å². The lowest BCUT2D eigenvalue weighted by Gasteiger charge is -2.08. The van der Waals surface area contributed by atoms with Gasteiger partial charge in [-0.15, -0.1) is 0 Å². The second kappa shape index (κ2) is 7.30. The van der Waals surface area contributed by atoms with Crippen molar-refractivity contribution in [3.8, 4) is 5.88 Å². The standard InChI is InChI=1S/C13H13ClN4O2/c14-10-3-4-12(17-8-10)20-7-6-16-13(19)18-11-2-1-5-15-9-11/h1-5,8-9H,6-7H2,(H2,16,18,19). The molecule has 2 N–H and O–H groups in total. The lowest BCUT2D eigenvalue weighted by atomic mass is 10.4. The van der Waals surface area contributed by atoms with Crippen molar-refractivity contribution in [3.05, 3.63) is 47.9 Å². The third-order valence-corrected chi connectivity index (χ3v) is 2.48. The van der Waals surface area contributed by atoms with E-state index in [4.69, 9.17) is 16.3 Å². The van der Waals surface area contributed by atoms with Crippen molar-refractivity contribution in [1.82, 2.24) is 15.3 Å². The molecule has 0 aliphatic heterocycles. The van der Waals surface area contributed by atoms with Gasteiger partial charge in [-0.05, 0) is 18.2 Å². The van der Waals surface area contributed by atoms with Gasteiger partial charge in [0.2, 0.25) is 5.88 Å². The lowest BCUT2D eigenvalue weighted by Crippen LogP contribution is -2.32. The van der Waals surface area contributed by atoms with E-state index in [1.54, 1.807) is 36.7 Å². The Hall–Kier alpha value is -2.34. The Kier molecular flexibility index (Phi) is 5.14. The summed E-state index contributed by atoms with van der Waals surface area (Å²) in [5.74, 6) is 0.462. The van der Waals surface area contributed by atoms with E-state index in [1.807, 2.05) is 0 Å². The highest BCUT2D eigenvalue weighted by atomic mass is 35.5. The second-order valence-electron chi connectivity index (χ2n) is 3.79. The number of urea groups is 1. The summed E-state index contributed by atoms with van der Waals surface area (Å²) < 4.78 is 5.34. The van der Waals surface area contributed by atoms with Crippen LogP contribution in [0.1, 0.15) is 0 Å². The molecule has 0 spiro atoms. The van der Waals surface area contributed by atoms with E-state index < -0.39 is 0 Å². The highest BCUT2D eigenvalue weighted by Crippen LogP contribution is 2.10. The molecule has 0 saturated heterocycles. The highest BCUT2D eigenvalue weighted by molar-refractivity contribution is 6.30. The number of nitrogens with zero attached hydrogens (tertiary/aromatic N) is 2. The zero-order valence-corrected chi connectivity index (χ0v) is 11.3. The first kappa shape index (κ1) is 14.1. The summed E-state index contributed by atoms with van der Waals surface area (Å²) in [6, 6.07) is 6.53. The number of aromatic nitrogens is 2. The molecule has 20 heavy (non-hydrogen) atoms. The summed E-state index contributed by atoms with van der Waals surface area (Å²) in [7, 11) is 0. The van der Waals surface area contributed by atoms with E-state index in [9.17, 15) is 4.79 Å². The van der Waals surface area contributed by atoms with Crippen LogP contribution in [-0.4, -0.2) is 29.2 Å². The second-order valence-corrected chi connectivity index (χ2v) is 4.22. The molecule has 0 fully saturated rings. The fourth-order valence-corrected chi connectivity index (χ4v) is 1.49. The number of nitrogens with one attached hydrogen (secondary N) is 2.